The lowest BCUT2D eigenvalue weighted by Crippen LogP contribution is -2.59. The highest BCUT2D eigenvalue weighted by molar-refractivity contribution is 5.25. The molecule has 0 radical (unpaired) electrons. The van der Waals surface area contributed by atoms with E-state index in [0.717, 1.165) is 25.0 Å². The first kappa shape index (κ1) is 15.1. The lowest BCUT2D eigenvalue weighted by Gasteiger charge is -2.46. The highest BCUT2D eigenvalue weighted by Crippen LogP contribution is 2.31. The topological polar surface area (TPSA) is 15.3 Å². The zero-order valence-corrected chi connectivity index (χ0v) is 13.6. The molecule has 1 heterocycles. The van der Waals surface area contributed by atoms with Gasteiger partial charge in [0.25, 0.3) is 0 Å². The van der Waals surface area contributed by atoms with Crippen LogP contribution in [0, 0.1) is 5.92 Å². The van der Waals surface area contributed by atoms with Gasteiger partial charge in [-0.15, -0.1) is 0 Å². The first-order chi connectivity index (χ1) is 10.2. The van der Waals surface area contributed by atoms with Crippen molar-refractivity contribution in [1.82, 2.24) is 10.2 Å². The summed E-state index contributed by atoms with van der Waals surface area (Å²) in [6.07, 6.45) is 7.09. The van der Waals surface area contributed by atoms with Crippen molar-refractivity contribution in [2.24, 2.45) is 5.92 Å². The van der Waals surface area contributed by atoms with Gasteiger partial charge in [-0.3, -0.25) is 4.90 Å². The number of nitrogens with zero attached hydrogens (tertiary/aromatic N) is 1. The first-order valence-corrected chi connectivity index (χ1v) is 8.74. The molecule has 3 rings (SSSR count). The zero-order chi connectivity index (χ0) is 14.7. The molecule has 1 aliphatic heterocycles. The van der Waals surface area contributed by atoms with Crippen molar-refractivity contribution in [1.29, 1.82) is 0 Å². The molecule has 1 aromatic rings. The molecule has 2 nitrogen and oxygen atoms in total. The minimum Gasteiger partial charge on any atom is -0.305 e. The molecule has 21 heavy (non-hydrogen) atoms. The van der Waals surface area contributed by atoms with Crippen molar-refractivity contribution in [3.05, 3.63) is 35.9 Å². The van der Waals surface area contributed by atoms with Crippen LogP contribution in [0.2, 0.25) is 0 Å². The molecule has 1 N–H and O–H groups in total. The average Bonchev–Trinajstić information content (AvgIpc) is 2.73. The fourth-order valence-corrected chi connectivity index (χ4v) is 4.31. The summed E-state index contributed by atoms with van der Waals surface area (Å²) in [5.74, 6) is 0.852. The molecule has 1 saturated heterocycles. The summed E-state index contributed by atoms with van der Waals surface area (Å²) in [7, 11) is 0. The Morgan fingerprint density at radius 1 is 1.10 bits per heavy atom. The quantitative estimate of drug-likeness (QED) is 0.832. The van der Waals surface area contributed by atoms with E-state index < -0.39 is 0 Å². The van der Waals surface area contributed by atoms with E-state index in [1.165, 1.54) is 44.2 Å². The molecule has 0 amide bonds. The summed E-state index contributed by atoms with van der Waals surface area (Å²) < 4.78 is 0. The van der Waals surface area contributed by atoms with Gasteiger partial charge in [0.1, 0.15) is 0 Å². The van der Waals surface area contributed by atoms with Crippen molar-refractivity contribution in [3.63, 3.8) is 0 Å². The van der Waals surface area contributed by atoms with Crippen LogP contribution < -0.4 is 5.32 Å². The van der Waals surface area contributed by atoms with E-state index in [-0.39, 0.29) is 5.54 Å². The number of hydrogen-bond acceptors (Lipinski definition) is 2. The van der Waals surface area contributed by atoms with Crippen LogP contribution in [-0.2, 0) is 5.54 Å². The maximum atomic E-state index is 3.77. The number of benzene rings is 1. The van der Waals surface area contributed by atoms with Crippen molar-refractivity contribution in [2.75, 3.05) is 19.6 Å². The Labute approximate surface area is 129 Å². The Morgan fingerprint density at radius 3 is 2.67 bits per heavy atom. The van der Waals surface area contributed by atoms with Gasteiger partial charge in [0.15, 0.2) is 0 Å². The van der Waals surface area contributed by atoms with Gasteiger partial charge in [-0.25, -0.2) is 0 Å². The smallest absolute Gasteiger partial charge is 0.0535 e. The van der Waals surface area contributed by atoms with E-state index in [4.69, 9.17) is 0 Å². The van der Waals surface area contributed by atoms with Crippen molar-refractivity contribution in [3.8, 4) is 0 Å². The minimum atomic E-state index is 0.103. The summed E-state index contributed by atoms with van der Waals surface area (Å²) in [4.78, 5) is 2.78. The van der Waals surface area contributed by atoms with Gasteiger partial charge in [0, 0.05) is 25.7 Å². The van der Waals surface area contributed by atoms with Crippen LogP contribution in [0.15, 0.2) is 30.3 Å². The number of rotatable bonds is 2. The normalized spacial score (nSPS) is 35.3. The predicted octanol–water partition coefficient (Wildman–Crippen LogP) is 3.78. The molecular weight excluding hydrogens is 256 g/mol. The first-order valence-electron chi connectivity index (χ1n) is 8.74. The second-order valence-electron chi connectivity index (χ2n) is 7.28. The van der Waals surface area contributed by atoms with E-state index in [9.17, 15) is 0 Å². The SMILES string of the molecule is CC1CCCCCC1N1CCNC(C)(c2ccccc2)C1. The van der Waals surface area contributed by atoms with Crippen LogP contribution in [0.1, 0.15) is 51.5 Å². The van der Waals surface area contributed by atoms with Gasteiger partial charge >= 0.3 is 0 Å². The molecule has 1 aliphatic carbocycles. The number of hydrogen-bond donors (Lipinski definition) is 1. The van der Waals surface area contributed by atoms with Gasteiger partial charge in [0.2, 0.25) is 0 Å². The Balaban J connectivity index is 1.76. The molecule has 1 aromatic carbocycles. The third-order valence-corrected chi connectivity index (χ3v) is 5.63. The maximum absolute atomic E-state index is 3.77. The van der Waals surface area contributed by atoms with E-state index in [0.29, 0.717) is 0 Å². The second-order valence-corrected chi connectivity index (χ2v) is 7.28. The van der Waals surface area contributed by atoms with Crippen molar-refractivity contribution >= 4 is 0 Å². The van der Waals surface area contributed by atoms with E-state index in [1.54, 1.807) is 0 Å². The monoisotopic (exact) mass is 286 g/mol. The Kier molecular flexibility index (Phi) is 4.66. The Morgan fingerprint density at radius 2 is 1.86 bits per heavy atom. The van der Waals surface area contributed by atoms with Crippen LogP contribution in [0.5, 0.6) is 0 Å². The molecule has 2 fully saturated rings. The van der Waals surface area contributed by atoms with Gasteiger partial charge in [-0.05, 0) is 31.2 Å². The average molecular weight is 286 g/mol. The van der Waals surface area contributed by atoms with Crippen LogP contribution in [0.25, 0.3) is 0 Å². The Bertz CT molecular complexity index is 444. The zero-order valence-electron chi connectivity index (χ0n) is 13.6. The summed E-state index contributed by atoms with van der Waals surface area (Å²) in [5, 5.41) is 3.77. The standard InChI is InChI=1S/C19H30N2/c1-16-9-5-3-8-12-18(16)21-14-13-20-19(2,15-21)17-10-6-4-7-11-17/h4,6-7,10-11,16,18,20H,3,5,8-9,12-15H2,1-2H3. The number of nitrogens with one attached hydrogen (secondary N) is 1. The van der Waals surface area contributed by atoms with Gasteiger partial charge in [-0.1, -0.05) is 56.5 Å². The highest BCUT2D eigenvalue weighted by Gasteiger charge is 2.36. The minimum absolute atomic E-state index is 0.103. The molecule has 2 heteroatoms. The Hall–Kier alpha value is -0.860. The summed E-state index contributed by atoms with van der Waals surface area (Å²) in [6.45, 7) is 8.30. The molecule has 116 valence electrons. The summed E-state index contributed by atoms with van der Waals surface area (Å²) >= 11 is 0. The second kappa shape index (κ2) is 6.50. The maximum Gasteiger partial charge on any atom is 0.0535 e. The van der Waals surface area contributed by atoms with E-state index in [1.807, 2.05) is 0 Å². The molecule has 1 saturated carbocycles. The molecule has 0 aromatic heterocycles. The van der Waals surface area contributed by atoms with Gasteiger partial charge in [-0.2, -0.15) is 0 Å². The summed E-state index contributed by atoms with van der Waals surface area (Å²) in [5.41, 5.74) is 1.53. The molecule has 0 bridgehead atoms. The van der Waals surface area contributed by atoms with Gasteiger partial charge < -0.3 is 5.32 Å². The third kappa shape index (κ3) is 3.32. The van der Waals surface area contributed by atoms with Crippen molar-refractivity contribution in [2.45, 2.75) is 57.5 Å². The lowest BCUT2D eigenvalue weighted by atomic mass is 9.87. The molecule has 3 unspecified atom stereocenters. The molecule has 2 aliphatic rings. The number of piperazine rings is 1. The van der Waals surface area contributed by atoms with Crippen molar-refractivity contribution < 1.29 is 0 Å². The molecule has 3 atom stereocenters. The fourth-order valence-electron chi connectivity index (χ4n) is 4.31. The van der Waals surface area contributed by atoms with Crippen LogP contribution in [0.3, 0.4) is 0 Å². The van der Waals surface area contributed by atoms with E-state index in [2.05, 4.69) is 54.4 Å². The van der Waals surface area contributed by atoms with Crippen LogP contribution >= 0.6 is 0 Å². The largest absolute Gasteiger partial charge is 0.305 e. The third-order valence-electron chi connectivity index (χ3n) is 5.63. The highest BCUT2D eigenvalue weighted by atomic mass is 15.2. The summed E-state index contributed by atoms with van der Waals surface area (Å²) in [6, 6.07) is 11.8. The fraction of sp³-hybridized carbons (Fsp3) is 0.684. The lowest BCUT2D eigenvalue weighted by molar-refractivity contribution is 0.0690. The van der Waals surface area contributed by atoms with Crippen LogP contribution in [0.4, 0.5) is 0 Å². The van der Waals surface area contributed by atoms with E-state index >= 15 is 0 Å². The predicted molar refractivity (Wildman–Crippen MR) is 89.4 cm³/mol. The molecule has 0 spiro atoms. The van der Waals surface area contributed by atoms with Gasteiger partial charge in [0.05, 0.1) is 5.54 Å². The molecular formula is C19H30N2. The van der Waals surface area contributed by atoms with Crippen LogP contribution in [-0.4, -0.2) is 30.6 Å².